The lowest BCUT2D eigenvalue weighted by Crippen LogP contribution is -2.52. The molecule has 116 valence electrons. The molecule has 2 atom stereocenters. The quantitative estimate of drug-likeness (QED) is 0.840. The Morgan fingerprint density at radius 1 is 1.33 bits per heavy atom. The molecule has 0 aliphatic heterocycles. The van der Waals surface area contributed by atoms with Crippen molar-refractivity contribution in [3.63, 3.8) is 0 Å². The van der Waals surface area contributed by atoms with Crippen molar-refractivity contribution >= 4 is 28.0 Å². The molecular weight excluding hydrogens is 342 g/mol. The van der Waals surface area contributed by atoms with Crippen LogP contribution < -0.4 is 10.4 Å². The SMILES string of the molecule is CC(C)(C)OC(=O)N[C@H](C(=O)[O-])[C@H](O)c1ccccc1Br. The van der Waals surface area contributed by atoms with Gasteiger partial charge in [-0.3, -0.25) is 0 Å². The summed E-state index contributed by atoms with van der Waals surface area (Å²) in [6, 6.07) is 4.93. The minimum atomic E-state index is -1.63. The molecule has 0 saturated heterocycles. The van der Waals surface area contributed by atoms with Gasteiger partial charge in [-0.25, -0.2) is 4.79 Å². The van der Waals surface area contributed by atoms with Crippen molar-refractivity contribution < 1.29 is 24.5 Å². The molecule has 0 aromatic heterocycles. The first-order valence-electron chi connectivity index (χ1n) is 6.24. The first-order chi connectivity index (χ1) is 9.61. The van der Waals surface area contributed by atoms with E-state index < -0.39 is 29.8 Å². The van der Waals surface area contributed by atoms with Crippen LogP contribution in [0, 0.1) is 0 Å². The number of amides is 1. The number of carbonyl (C=O) groups is 2. The summed E-state index contributed by atoms with van der Waals surface area (Å²) in [5.74, 6) is -1.61. The highest BCUT2D eigenvalue weighted by molar-refractivity contribution is 9.10. The van der Waals surface area contributed by atoms with Gasteiger partial charge in [0.2, 0.25) is 0 Å². The fraction of sp³-hybridized carbons (Fsp3) is 0.429. The molecule has 7 heteroatoms. The number of carboxylic acids is 1. The van der Waals surface area contributed by atoms with Gasteiger partial charge in [-0.15, -0.1) is 0 Å². The van der Waals surface area contributed by atoms with Crippen LogP contribution in [0.1, 0.15) is 32.4 Å². The van der Waals surface area contributed by atoms with Gasteiger partial charge in [-0.05, 0) is 32.4 Å². The first kappa shape index (κ1) is 17.5. The number of hydrogen-bond acceptors (Lipinski definition) is 5. The predicted molar refractivity (Wildman–Crippen MR) is 77.3 cm³/mol. The molecular formula is C14H17BrNO5-. The number of hydrogen-bond donors (Lipinski definition) is 2. The number of benzene rings is 1. The fourth-order valence-electron chi connectivity index (χ4n) is 1.60. The van der Waals surface area contributed by atoms with E-state index in [4.69, 9.17) is 4.74 Å². The molecule has 0 heterocycles. The number of alkyl carbamates (subject to hydrolysis) is 1. The number of halogens is 1. The highest BCUT2D eigenvalue weighted by Crippen LogP contribution is 2.25. The summed E-state index contributed by atoms with van der Waals surface area (Å²) in [5.41, 5.74) is -0.457. The number of carbonyl (C=O) groups excluding carboxylic acids is 2. The summed E-state index contributed by atoms with van der Waals surface area (Å²) in [7, 11) is 0. The van der Waals surface area contributed by atoms with E-state index in [1.54, 1.807) is 45.0 Å². The smallest absolute Gasteiger partial charge is 0.408 e. The third-order valence-electron chi connectivity index (χ3n) is 2.47. The topological polar surface area (TPSA) is 98.7 Å². The van der Waals surface area contributed by atoms with Crippen molar-refractivity contribution in [3.05, 3.63) is 34.3 Å². The van der Waals surface area contributed by atoms with Crippen LogP contribution in [0.15, 0.2) is 28.7 Å². The Morgan fingerprint density at radius 3 is 2.38 bits per heavy atom. The Hall–Kier alpha value is -1.60. The largest absolute Gasteiger partial charge is 0.548 e. The van der Waals surface area contributed by atoms with Crippen LogP contribution in [0.25, 0.3) is 0 Å². The van der Waals surface area contributed by atoms with E-state index in [0.717, 1.165) is 0 Å². The zero-order valence-electron chi connectivity index (χ0n) is 11.9. The predicted octanol–water partition coefficient (Wildman–Crippen LogP) is 1.13. The molecule has 6 nitrogen and oxygen atoms in total. The lowest BCUT2D eigenvalue weighted by atomic mass is 10.0. The van der Waals surface area contributed by atoms with E-state index in [1.165, 1.54) is 0 Å². The van der Waals surface area contributed by atoms with Gasteiger partial charge in [0.25, 0.3) is 0 Å². The van der Waals surface area contributed by atoms with Crippen molar-refractivity contribution in [3.8, 4) is 0 Å². The van der Waals surface area contributed by atoms with Crippen molar-refractivity contribution in [2.24, 2.45) is 0 Å². The van der Waals surface area contributed by atoms with Crippen LogP contribution in [0.4, 0.5) is 4.79 Å². The van der Waals surface area contributed by atoms with Gasteiger partial charge in [0.1, 0.15) is 17.7 Å². The van der Waals surface area contributed by atoms with Crippen LogP contribution in [0.5, 0.6) is 0 Å². The zero-order chi connectivity index (χ0) is 16.2. The van der Waals surface area contributed by atoms with E-state index in [-0.39, 0.29) is 0 Å². The summed E-state index contributed by atoms with van der Waals surface area (Å²) in [5, 5.41) is 23.4. The molecule has 0 saturated carbocycles. The molecule has 1 rings (SSSR count). The molecule has 1 aromatic carbocycles. The normalized spacial score (nSPS) is 14.1. The Morgan fingerprint density at radius 2 is 1.90 bits per heavy atom. The van der Waals surface area contributed by atoms with Crippen LogP contribution in [-0.2, 0) is 9.53 Å². The van der Waals surface area contributed by atoms with Gasteiger partial charge in [0.05, 0.1) is 5.97 Å². The number of carboxylic acid groups (broad SMARTS) is 1. The maximum Gasteiger partial charge on any atom is 0.408 e. The van der Waals surface area contributed by atoms with Crippen molar-refractivity contribution in [2.45, 2.75) is 38.5 Å². The standard InChI is InChI=1S/C14H18BrNO5/c1-14(2,3)21-13(20)16-10(12(18)19)11(17)8-6-4-5-7-9(8)15/h4-7,10-11,17H,1-3H3,(H,16,20)(H,18,19)/p-1/t10-,11+/m0/s1. The van der Waals surface area contributed by atoms with Gasteiger partial charge in [0.15, 0.2) is 0 Å². The van der Waals surface area contributed by atoms with Gasteiger partial charge < -0.3 is 25.1 Å². The van der Waals surface area contributed by atoms with Gasteiger partial charge in [-0.2, -0.15) is 0 Å². The Labute approximate surface area is 131 Å². The second-order valence-electron chi connectivity index (χ2n) is 5.41. The van der Waals surface area contributed by atoms with E-state index in [1.807, 2.05) is 0 Å². The van der Waals surface area contributed by atoms with Crippen LogP contribution in [0.3, 0.4) is 0 Å². The monoisotopic (exact) mass is 358 g/mol. The molecule has 21 heavy (non-hydrogen) atoms. The maximum absolute atomic E-state index is 11.6. The van der Waals surface area contributed by atoms with Crippen LogP contribution >= 0.6 is 15.9 Å². The Kier molecular flexibility index (Phi) is 5.74. The maximum atomic E-state index is 11.6. The number of ether oxygens (including phenoxy) is 1. The van der Waals surface area contributed by atoms with Crippen molar-refractivity contribution in [1.29, 1.82) is 0 Å². The lowest BCUT2D eigenvalue weighted by molar-refractivity contribution is -0.310. The van der Waals surface area contributed by atoms with E-state index >= 15 is 0 Å². The van der Waals surface area contributed by atoms with Crippen LogP contribution in [0.2, 0.25) is 0 Å². The number of nitrogens with one attached hydrogen (secondary N) is 1. The molecule has 2 N–H and O–H groups in total. The minimum absolute atomic E-state index is 0.322. The lowest BCUT2D eigenvalue weighted by Gasteiger charge is -2.27. The van der Waals surface area contributed by atoms with Crippen LogP contribution in [-0.4, -0.2) is 28.8 Å². The summed E-state index contributed by atoms with van der Waals surface area (Å²) in [6.45, 7) is 4.93. The number of rotatable bonds is 4. The average Bonchev–Trinajstić information content (AvgIpc) is 2.33. The fourth-order valence-corrected chi connectivity index (χ4v) is 2.12. The number of aliphatic hydroxyl groups is 1. The summed E-state index contributed by atoms with van der Waals surface area (Å²) < 4.78 is 5.49. The third kappa shape index (κ3) is 5.35. The zero-order valence-corrected chi connectivity index (χ0v) is 13.5. The third-order valence-corrected chi connectivity index (χ3v) is 3.19. The van der Waals surface area contributed by atoms with Crippen molar-refractivity contribution in [1.82, 2.24) is 5.32 Å². The molecule has 0 spiro atoms. The Balaban J connectivity index is 2.90. The van der Waals surface area contributed by atoms with Crippen molar-refractivity contribution in [2.75, 3.05) is 0 Å². The molecule has 0 bridgehead atoms. The summed E-state index contributed by atoms with van der Waals surface area (Å²) in [4.78, 5) is 22.8. The highest BCUT2D eigenvalue weighted by atomic mass is 79.9. The minimum Gasteiger partial charge on any atom is -0.548 e. The number of aliphatic carboxylic acids is 1. The second-order valence-corrected chi connectivity index (χ2v) is 6.26. The van der Waals surface area contributed by atoms with E-state index in [2.05, 4.69) is 21.2 Å². The second kappa shape index (κ2) is 6.91. The summed E-state index contributed by atoms with van der Waals surface area (Å²) >= 11 is 3.21. The molecule has 0 aliphatic rings. The molecule has 1 amide bonds. The molecule has 0 fully saturated rings. The van der Waals surface area contributed by atoms with Gasteiger partial charge in [-0.1, -0.05) is 34.1 Å². The van der Waals surface area contributed by atoms with E-state index in [0.29, 0.717) is 10.0 Å². The average molecular weight is 359 g/mol. The van der Waals surface area contributed by atoms with E-state index in [9.17, 15) is 19.8 Å². The Bertz CT molecular complexity index is 526. The van der Waals surface area contributed by atoms with Gasteiger partial charge in [0, 0.05) is 4.47 Å². The molecule has 0 radical (unpaired) electrons. The highest BCUT2D eigenvalue weighted by Gasteiger charge is 2.27. The first-order valence-corrected chi connectivity index (χ1v) is 7.04. The van der Waals surface area contributed by atoms with Gasteiger partial charge >= 0.3 is 6.09 Å². The number of aliphatic hydroxyl groups excluding tert-OH is 1. The summed E-state index contributed by atoms with van der Waals surface area (Å²) in [6.07, 6.45) is -2.42. The molecule has 0 aliphatic carbocycles. The molecule has 0 unspecified atom stereocenters. The molecule has 1 aromatic rings.